The van der Waals surface area contributed by atoms with Gasteiger partial charge < -0.3 is 4.42 Å². The number of furan rings is 1. The Morgan fingerprint density at radius 1 is 0.473 bits per heavy atom. The molecule has 0 saturated carbocycles. The first-order valence-electron chi connectivity index (χ1n) is 17.9. The normalized spacial score (nSPS) is 10.8. The molecule has 5 aromatic carbocycles. The van der Waals surface area contributed by atoms with E-state index in [1.54, 1.807) is 18.3 Å². The summed E-state index contributed by atoms with van der Waals surface area (Å²) in [7, 11) is -1.22. The molecule has 9 rings (SSSR count). The number of halogens is 1. The van der Waals surface area contributed by atoms with Gasteiger partial charge in [0.2, 0.25) is 0 Å². The number of fused-ring (bicyclic) bond motifs is 3. The maximum atomic E-state index is 13.2. The third-order valence-corrected chi connectivity index (χ3v) is 11.1. The molecule has 0 saturated heterocycles. The average molecular weight is 914 g/mol. The maximum absolute atomic E-state index is 13.2. The molecule has 4 heterocycles. The van der Waals surface area contributed by atoms with Gasteiger partial charge in [-0.25, -0.2) is 4.39 Å². The molecule has 0 aliphatic carbocycles. The van der Waals surface area contributed by atoms with Gasteiger partial charge in [-0.3, -0.25) is 15.0 Å². The Balaban J connectivity index is 0.000000152. The van der Waals surface area contributed by atoms with E-state index in [1.165, 1.54) is 22.9 Å². The predicted molar refractivity (Wildman–Crippen MR) is 225 cm³/mol. The Kier molecular flexibility index (Phi) is 12.7. The summed E-state index contributed by atoms with van der Waals surface area (Å²) < 4.78 is 19.4. The molecular formula is C48H40FIrN3OSi. The summed E-state index contributed by atoms with van der Waals surface area (Å²) in [5.41, 5.74) is 9.89. The van der Waals surface area contributed by atoms with Crippen molar-refractivity contribution in [3.8, 4) is 44.9 Å². The molecule has 0 amide bonds. The summed E-state index contributed by atoms with van der Waals surface area (Å²) in [6, 6.07) is 55.3. The molecular weight excluding hydrogens is 874 g/mol. The average Bonchev–Trinajstić information content (AvgIpc) is 3.61. The number of benzene rings is 5. The zero-order chi connectivity index (χ0) is 37.3. The Hall–Kier alpha value is -5.85. The summed E-state index contributed by atoms with van der Waals surface area (Å²) in [5, 5.41) is 3.53. The molecule has 7 heteroatoms. The minimum absolute atomic E-state index is 0. The van der Waals surface area contributed by atoms with Gasteiger partial charge in [0.25, 0.3) is 0 Å². The summed E-state index contributed by atoms with van der Waals surface area (Å²) in [6.45, 7) is 7.02. The maximum Gasteiger partial charge on any atom is 0.144 e. The van der Waals surface area contributed by atoms with Crippen molar-refractivity contribution in [1.82, 2.24) is 15.0 Å². The van der Waals surface area contributed by atoms with Gasteiger partial charge in [0, 0.05) is 66.2 Å². The van der Waals surface area contributed by atoms with E-state index >= 15 is 0 Å². The monoisotopic (exact) mass is 914 g/mol. The molecule has 0 N–H and O–H groups in total. The smallest absolute Gasteiger partial charge is 0.144 e. The standard InChI is InChI=1S/C23H14FNO.C14H17NSi.C11H9N.Ir/c24-17-10-7-15(8-11-17)16-9-12-18-19-4-3-5-20(21-6-1-2-13-25-21)23(19)26-22(18)14-16;1-16(2,3)13-9-10-14(15-11-13)12-7-5-4-6-8-12;1-2-6-10(7-3-1)11-8-4-5-9-12-11;/h1-14H;4-11H,1-3H3;1-9H;. The van der Waals surface area contributed by atoms with Gasteiger partial charge in [0.1, 0.15) is 17.0 Å². The molecule has 9 aromatic rings. The third kappa shape index (κ3) is 9.64. The summed E-state index contributed by atoms with van der Waals surface area (Å²) >= 11 is 0. The molecule has 0 aliphatic heterocycles. The topological polar surface area (TPSA) is 51.8 Å². The fourth-order valence-electron chi connectivity index (χ4n) is 6.10. The molecule has 0 bridgehead atoms. The Morgan fingerprint density at radius 3 is 1.62 bits per heavy atom. The van der Waals surface area contributed by atoms with Crippen LogP contribution in [0.1, 0.15) is 0 Å². The van der Waals surface area contributed by atoms with Gasteiger partial charge in [0.15, 0.2) is 0 Å². The zero-order valence-corrected chi connectivity index (χ0v) is 34.3. The first-order chi connectivity index (χ1) is 26.3. The minimum Gasteiger partial charge on any atom is -0.455 e. The van der Waals surface area contributed by atoms with Crippen LogP contribution >= 0.6 is 0 Å². The molecule has 0 aliphatic rings. The van der Waals surface area contributed by atoms with Gasteiger partial charge in [-0.05, 0) is 77.0 Å². The van der Waals surface area contributed by atoms with E-state index in [2.05, 4.69) is 83.1 Å². The van der Waals surface area contributed by atoms with E-state index in [0.29, 0.717) is 0 Å². The van der Waals surface area contributed by atoms with Crippen LogP contribution in [0.25, 0.3) is 66.8 Å². The fraction of sp³-hybridized carbons (Fsp3) is 0.0625. The van der Waals surface area contributed by atoms with E-state index in [-0.39, 0.29) is 25.9 Å². The summed E-state index contributed by atoms with van der Waals surface area (Å²) in [4.78, 5) is 13.2. The van der Waals surface area contributed by atoms with Crippen LogP contribution in [0.3, 0.4) is 0 Å². The second-order valence-corrected chi connectivity index (χ2v) is 18.9. The van der Waals surface area contributed by atoms with Gasteiger partial charge in [-0.2, -0.15) is 0 Å². The predicted octanol–water partition coefficient (Wildman–Crippen LogP) is 12.5. The van der Waals surface area contributed by atoms with Crippen molar-refractivity contribution < 1.29 is 28.9 Å². The molecule has 1 radical (unpaired) electrons. The Labute approximate surface area is 336 Å². The van der Waals surface area contributed by atoms with E-state index < -0.39 is 8.07 Å². The fourth-order valence-corrected chi connectivity index (χ4v) is 7.14. The number of para-hydroxylation sites is 1. The Morgan fingerprint density at radius 2 is 1.05 bits per heavy atom. The van der Waals surface area contributed by atoms with Gasteiger partial charge in [-0.1, -0.05) is 129 Å². The van der Waals surface area contributed by atoms with Gasteiger partial charge in [0.05, 0.1) is 25.2 Å². The van der Waals surface area contributed by atoms with Crippen LogP contribution in [0.2, 0.25) is 19.6 Å². The number of nitrogens with zero attached hydrogens (tertiary/aromatic N) is 3. The van der Waals surface area contributed by atoms with Crippen LogP contribution in [-0.2, 0) is 20.1 Å². The van der Waals surface area contributed by atoms with E-state index in [9.17, 15) is 4.39 Å². The molecule has 273 valence electrons. The molecule has 0 unspecified atom stereocenters. The summed E-state index contributed by atoms with van der Waals surface area (Å²) in [6.07, 6.45) is 5.63. The van der Waals surface area contributed by atoms with E-state index in [0.717, 1.165) is 61.3 Å². The molecule has 55 heavy (non-hydrogen) atoms. The number of hydrogen-bond acceptors (Lipinski definition) is 4. The Bertz CT molecular complexity index is 2520. The van der Waals surface area contributed by atoms with Crippen molar-refractivity contribution in [3.05, 3.63) is 194 Å². The van der Waals surface area contributed by atoms with Crippen LogP contribution in [0.15, 0.2) is 193 Å². The van der Waals surface area contributed by atoms with Crippen molar-refractivity contribution in [1.29, 1.82) is 0 Å². The van der Waals surface area contributed by atoms with E-state index in [1.807, 2.05) is 109 Å². The van der Waals surface area contributed by atoms with Crippen LogP contribution in [0.4, 0.5) is 4.39 Å². The zero-order valence-electron chi connectivity index (χ0n) is 30.9. The number of rotatable bonds is 5. The first-order valence-corrected chi connectivity index (χ1v) is 21.4. The van der Waals surface area contributed by atoms with Gasteiger partial charge >= 0.3 is 0 Å². The van der Waals surface area contributed by atoms with E-state index in [4.69, 9.17) is 4.42 Å². The molecule has 0 fully saturated rings. The molecule has 0 spiro atoms. The molecule has 4 nitrogen and oxygen atoms in total. The van der Waals surface area contributed by atoms with Crippen molar-refractivity contribution in [2.24, 2.45) is 0 Å². The van der Waals surface area contributed by atoms with Crippen LogP contribution in [0.5, 0.6) is 0 Å². The van der Waals surface area contributed by atoms with Crippen LogP contribution in [0, 0.1) is 5.82 Å². The number of pyridine rings is 3. The van der Waals surface area contributed by atoms with Crippen LogP contribution < -0.4 is 5.19 Å². The quantitative estimate of drug-likeness (QED) is 0.161. The SMILES string of the molecule is C[Si](C)(C)c1ccc(-c2ccccc2)nc1.Fc1ccc(-c2ccc3c(c2)oc2c(-c4ccccn4)cccc23)cc1.[Ir].c1ccc(-c2ccccn2)cc1. The minimum atomic E-state index is -1.22. The van der Waals surface area contributed by atoms with Crippen molar-refractivity contribution in [2.75, 3.05) is 0 Å². The number of aromatic nitrogens is 3. The summed E-state index contributed by atoms with van der Waals surface area (Å²) in [5.74, 6) is -0.237. The van der Waals surface area contributed by atoms with Crippen molar-refractivity contribution in [3.63, 3.8) is 0 Å². The second kappa shape index (κ2) is 18.0. The first kappa shape index (κ1) is 38.9. The largest absolute Gasteiger partial charge is 0.455 e. The second-order valence-electron chi connectivity index (χ2n) is 13.8. The molecule has 0 atom stereocenters. The third-order valence-electron chi connectivity index (χ3n) is 9.05. The molecule has 4 aromatic heterocycles. The van der Waals surface area contributed by atoms with Crippen molar-refractivity contribution in [2.45, 2.75) is 19.6 Å². The van der Waals surface area contributed by atoms with Crippen LogP contribution in [-0.4, -0.2) is 23.0 Å². The van der Waals surface area contributed by atoms with Gasteiger partial charge in [-0.15, -0.1) is 0 Å². The van der Waals surface area contributed by atoms with Crippen molar-refractivity contribution >= 4 is 35.2 Å². The number of hydrogen-bond donors (Lipinski definition) is 0.